The third kappa shape index (κ3) is 4.92. The third-order valence-electron chi connectivity index (χ3n) is 5.25. The number of unbranched alkanes of at least 4 members (excludes halogenated alkanes) is 5. The van der Waals surface area contributed by atoms with E-state index in [1.54, 1.807) is 0 Å². The molecule has 4 rings (SSSR count). The molecule has 0 unspecified atom stereocenters. The zero-order chi connectivity index (χ0) is 19.3. The van der Waals surface area contributed by atoms with Gasteiger partial charge in [-0.25, -0.2) is 9.97 Å². The largest absolute Gasteiger partial charge is 0.333 e. The highest BCUT2D eigenvalue weighted by molar-refractivity contribution is 7.80. The van der Waals surface area contributed by atoms with Gasteiger partial charge in [0.1, 0.15) is 0 Å². The van der Waals surface area contributed by atoms with E-state index in [-0.39, 0.29) is 0 Å². The Labute approximate surface area is 176 Å². The number of aromatic nitrogens is 4. The van der Waals surface area contributed by atoms with E-state index in [9.17, 15) is 0 Å². The van der Waals surface area contributed by atoms with E-state index in [2.05, 4.69) is 81.6 Å². The van der Waals surface area contributed by atoms with Crippen LogP contribution in [-0.2, 0) is 12.8 Å². The highest BCUT2D eigenvalue weighted by Crippen LogP contribution is 2.19. The smallest absolute Gasteiger partial charge is 0.163 e. The van der Waals surface area contributed by atoms with E-state index in [4.69, 9.17) is 0 Å². The number of aryl methyl sites for hydroxylation is 2. The maximum atomic E-state index is 4.39. The van der Waals surface area contributed by atoms with Gasteiger partial charge >= 0.3 is 0 Å². The quantitative estimate of drug-likeness (QED) is 0.198. The van der Waals surface area contributed by atoms with Crippen LogP contribution in [-0.4, -0.2) is 19.9 Å². The second-order valence-corrected chi connectivity index (χ2v) is 8.29. The van der Waals surface area contributed by atoms with Gasteiger partial charge in [-0.05, 0) is 61.1 Å². The molecule has 0 aliphatic heterocycles. The molecule has 2 aromatic carbocycles. The normalized spacial score (nSPS) is 11.6. The summed E-state index contributed by atoms with van der Waals surface area (Å²) in [5.74, 6) is 0. The lowest BCUT2D eigenvalue weighted by atomic mass is 10.0. The predicted molar refractivity (Wildman–Crippen MR) is 122 cm³/mol. The van der Waals surface area contributed by atoms with Crippen molar-refractivity contribution >= 4 is 47.3 Å². The number of nitrogens with one attached hydrogen (secondary N) is 2. The van der Waals surface area contributed by atoms with Crippen molar-refractivity contribution in [2.75, 3.05) is 0 Å². The summed E-state index contributed by atoms with van der Waals surface area (Å²) >= 11 is 8.54. The molecule has 0 saturated heterocycles. The molecule has 0 aliphatic carbocycles. The van der Waals surface area contributed by atoms with Crippen LogP contribution >= 0.6 is 25.3 Å². The van der Waals surface area contributed by atoms with Crippen LogP contribution in [0.3, 0.4) is 0 Å². The molecule has 6 heteroatoms. The molecule has 146 valence electrons. The van der Waals surface area contributed by atoms with Crippen LogP contribution in [0.2, 0.25) is 0 Å². The number of aromatic amines is 2. The highest BCUT2D eigenvalue weighted by atomic mass is 32.1. The van der Waals surface area contributed by atoms with Gasteiger partial charge in [0.15, 0.2) is 10.3 Å². The molecule has 0 atom stereocenters. The zero-order valence-electron chi connectivity index (χ0n) is 15.9. The van der Waals surface area contributed by atoms with Gasteiger partial charge in [-0.2, -0.15) is 0 Å². The number of H-pyrrole nitrogens is 2. The van der Waals surface area contributed by atoms with Gasteiger partial charge < -0.3 is 9.97 Å². The van der Waals surface area contributed by atoms with Crippen molar-refractivity contribution in [2.45, 2.75) is 61.7 Å². The minimum absolute atomic E-state index is 0.683. The first-order valence-corrected chi connectivity index (χ1v) is 10.9. The second-order valence-electron chi connectivity index (χ2n) is 7.45. The van der Waals surface area contributed by atoms with Gasteiger partial charge in [0.05, 0.1) is 22.1 Å². The number of imidazole rings is 2. The molecular formula is C22H26N4S2. The van der Waals surface area contributed by atoms with Crippen molar-refractivity contribution < 1.29 is 0 Å². The lowest BCUT2D eigenvalue weighted by Gasteiger charge is -2.04. The Bertz CT molecular complexity index is 981. The molecule has 2 N–H and O–H groups in total. The summed E-state index contributed by atoms with van der Waals surface area (Å²) in [5, 5.41) is 1.37. The summed E-state index contributed by atoms with van der Waals surface area (Å²) in [5.41, 5.74) is 6.90. The van der Waals surface area contributed by atoms with Gasteiger partial charge in [0.2, 0.25) is 0 Å². The monoisotopic (exact) mass is 410 g/mol. The molecule has 0 fully saturated rings. The van der Waals surface area contributed by atoms with E-state index in [0.29, 0.717) is 10.3 Å². The van der Waals surface area contributed by atoms with E-state index >= 15 is 0 Å². The molecule has 2 heterocycles. The second kappa shape index (κ2) is 9.05. The van der Waals surface area contributed by atoms with Crippen molar-refractivity contribution in [3.8, 4) is 0 Å². The SMILES string of the molecule is Sc1nc2cc(CCCCCCCCc3ccc4nc(S)[nH]c4c3)ccc2[nH]1. The van der Waals surface area contributed by atoms with Gasteiger partial charge in [-0.3, -0.25) is 0 Å². The Morgan fingerprint density at radius 2 is 1.18 bits per heavy atom. The Kier molecular flexibility index (Phi) is 6.27. The molecule has 0 saturated carbocycles. The van der Waals surface area contributed by atoms with E-state index in [1.165, 1.54) is 49.7 Å². The molecule has 0 aliphatic rings. The Balaban J connectivity index is 1.12. The molecule has 0 radical (unpaired) electrons. The Morgan fingerprint density at radius 3 is 1.93 bits per heavy atom. The van der Waals surface area contributed by atoms with Crippen molar-refractivity contribution in [3.05, 3.63) is 47.5 Å². The molecule has 4 nitrogen and oxygen atoms in total. The number of hydrogen-bond acceptors (Lipinski definition) is 4. The Morgan fingerprint density at radius 1 is 0.607 bits per heavy atom. The molecule has 2 aromatic heterocycles. The van der Waals surface area contributed by atoms with E-state index < -0.39 is 0 Å². The first-order valence-electron chi connectivity index (χ1n) is 10.0. The van der Waals surface area contributed by atoms with Crippen LogP contribution in [0.15, 0.2) is 46.7 Å². The summed E-state index contributed by atoms with van der Waals surface area (Å²) in [6, 6.07) is 12.9. The van der Waals surface area contributed by atoms with Crippen LogP contribution in [0.5, 0.6) is 0 Å². The van der Waals surface area contributed by atoms with Crippen molar-refractivity contribution in [1.82, 2.24) is 19.9 Å². The number of benzene rings is 2. The third-order valence-corrected chi connectivity index (χ3v) is 5.67. The zero-order valence-corrected chi connectivity index (χ0v) is 17.7. The first kappa shape index (κ1) is 19.4. The number of hydrogen-bond donors (Lipinski definition) is 4. The van der Waals surface area contributed by atoms with Crippen LogP contribution < -0.4 is 0 Å². The van der Waals surface area contributed by atoms with E-state index in [0.717, 1.165) is 34.9 Å². The fourth-order valence-corrected chi connectivity index (χ4v) is 4.21. The van der Waals surface area contributed by atoms with Gasteiger partial charge in [-0.15, -0.1) is 25.3 Å². The van der Waals surface area contributed by atoms with Crippen LogP contribution in [0, 0.1) is 0 Å². The predicted octanol–water partition coefficient (Wildman–Crippen LogP) is 6.14. The fourth-order valence-electron chi connectivity index (χ4n) is 3.76. The standard InChI is InChI=1S/C22H26N4S2/c27-21-23-17-11-9-15(13-19(17)25-21)7-5-3-1-2-4-6-8-16-10-12-18-20(14-16)26-22(28)24-18/h9-14H,1-8H2,(H2,23,25,27)(H2,24,26,28). The topological polar surface area (TPSA) is 57.4 Å². The molecule has 28 heavy (non-hydrogen) atoms. The summed E-state index contributed by atoms with van der Waals surface area (Å²) in [6.45, 7) is 0. The van der Waals surface area contributed by atoms with Crippen molar-refractivity contribution in [1.29, 1.82) is 0 Å². The minimum atomic E-state index is 0.683. The lowest BCUT2D eigenvalue weighted by molar-refractivity contribution is 0.594. The van der Waals surface area contributed by atoms with Crippen molar-refractivity contribution in [3.63, 3.8) is 0 Å². The van der Waals surface area contributed by atoms with E-state index in [1.807, 2.05) is 0 Å². The maximum absolute atomic E-state index is 4.39. The molecule has 0 amide bonds. The lowest BCUT2D eigenvalue weighted by Crippen LogP contribution is -1.88. The summed E-state index contributed by atoms with van der Waals surface area (Å²) in [7, 11) is 0. The van der Waals surface area contributed by atoms with Gasteiger partial charge in [0.25, 0.3) is 0 Å². The summed E-state index contributed by atoms with van der Waals surface area (Å²) in [6.07, 6.45) is 9.96. The number of rotatable bonds is 9. The molecule has 4 aromatic rings. The number of thiol groups is 2. The van der Waals surface area contributed by atoms with Crippen LogP contribution in [0.25, 0.3) is 22.1 Å². The van der Waals surface area contributed by atoms with Crippen LogP contribution in [0.4, 0.5) is 0 Å². The fraction of sp³-hybridized carbons (Fsp3) is 0.364. The number of nitrogens with zero attached hydrogens (tertiary/aromatic N) is 2. The highest BCUT2D eigenvalue weighted by Gasteiger charge is 2.03. The number of fused-ring (bicyclic) bond motifs is 2. The summed E-state index contributed by atoms with van der Waals surface area (Å²) < 4.78 is 0. The molecule has 0 bridgehead atoms. The van der Waals surface area contributed by atoms with Gasteiger partial charge in [0, 0.05) is 0 Å². The van der Waals surface area contributed by atoms with Crippen LogP contribution in [0.1, 0.15) is 49.7 Å². The first-order chi connectivity index (χ1) is 13.7. The Hall–Kier alpha value is -1.92. The van der Waals surface area contributed by atoms with Gasteiger partial charge in [-0.1, -0.05) is 37.8 Å². The maximum Gasteiger partial charge on any atom is 0.163 e. The van der Waals surface area contributed by atoms with Crippen molar-refractivity contribution in [2.24, 2.45) is 0 Å². The average Bonchev–Trinajstić information content (AvgIpc) is 3.23. The summed E-state index contributed by atoms with van der Waals surface area (Å²) in [4.78, 5) is 15.1. The minimum Gasteiger partial charge on any atom is -0.333 e. The molecular weight excluding hydrogens is 384 g/mol. The molecule has 0 spiro atoms. The average molecular weight is 411 g/mol.